The molecular formula is C23H26FN5O3. The van der Waals surface area contributed by atoms with Gasteiger partial charge in [0.2, 0.25) is 5.91 Å². The number of hydrogen-bond donors (Lipinski definition) is 2. The van der Waals surface area contributed by atoms with E-state index in [1.54, 1.807) is 36.4 Å². The van der Waals surface area contributed by atoms with E-state index in [0.717, 1.165) is 43.7 Å². The van der Waals surface area contributed by atoms with Crippen LogP contribution in [0.2, 0.25) is 0 Å². The second-order valence-electron chi connectivity index (χ2n) is 7.85. The van der Waals surface area contributed by atoms with E-state index in [1.807, 2.05) is 11.0 Å². The van der Waals surface area contributed by atoms with Gasteiger partial charge in [-0.1, -0.05) is 24.3 Å². The number of carbonyl (C=O) groups is 1. The average molecular weight is 439 g/mol. The van der Waals surface area contributed by atoms with Gasteiger partial charge in [0.05, 0.1) is 16.6 Å². The van der Waals surface area contributed by atoms with E-state index in [9.17, 15) is 18.8 Å². The Hall–Kier alpha value is -3.46. The summed E-state index contributed by atoms with van der Waals surface area (Å²) >= 11 is 0. The summed E-state index contributed by atoms with van der Waals surface area (Å²) in [6, 6.07) is 13.5. The van der Waals surface area contributed by atoms with Crippen molar-refractivity contribution < 1.29 is 9.18 Å². The van der Waals surface area contributed by atoms with Gasteiger partial charge >= 0.3 is 5.69 Å². The molecule has 0 aliphatic carbocycles. The minimum Gasteiger partial charge on any atom is -0.367 e. The van der Waals surface area contributed by atoms with Crippen LogP contribution in [0.1, 0.15) is 6.42 Å². The first-order valence-electron chi connectivity index (χ1n) is 10.7. The van der Waals surface area contributed by atoms with Gasteiger partial charge in [0.25, 0.3) is 5.56 Å². The van der Waals surface area contributed by atoms with Gasteiger partial charge < -0.3 is 15.2 Å². The third-order valence-corrected chi connectivity index (χ3v) is 5.73. The highest BCUT2D eigenvalue weighted by Gasteiger charge is 2.19. The Balaban J connectivity index is 1.22. The lowest BCUT2D eigenvalue weighted by molar-refractivity contribution is -0.121. The van der Waals surface area contributed by atoms with E-state index in [1.165, 1.54) is 6.07 Å². The molecule has 1 fully saturated rings. The van der Waals surface area contributed by atoms with E-state index in [0.29, 0.717) is 23.1 Å². The first-order chi connectivity index (χ1) is 15.5. The summed E-state index contributed by atoms with van der Waals surface area (Å²) in [6.07, 6.45) is 0.744. The van der Waals surface area contributed by atoms with Crippen molar-refractivity contribution in [2.75, 3.05) is 44.2 Å². The van der Waals surface area contributed by atoms with Gasteiger partial charge in [-0.3, -0.25) is 19.1 Å². The molecule has 1 aliphatic heterocycles. The van der Waals surface area contributed by atoms with Crippen LogP contribution in [0.4, 0.5) is 10.1 Å². The topological polar surface area (TPSA) is 90.4 Å². The van der Waals surface area contributed by atoms with Crippen molar-refractivity contribution in [2.24, 2.45) is 0 Å². The largest absolute Gasteiger partial charge is 0.367 e. The number of H-pyrrole nitrogens is 1. The minimum absolute atomic E-state index is 0.201. The summed E-state index contributed by atoms with van der Waals surface area (Å²) in [7, 11) is 0. The normalized spacial score (nSPS) is 14.6. The number of benzene rings is 2. The number of aromatic nitrogens is 2. The molecule has 3 aromatic rings. The zero-order valence-corrected chi connectivity index (χ0v) is 17.7. The monoisotopic (exact) mass is 439 g/mol. The van der Waals surface area contributed by atoms with E-state index < -0.39 is 11.2 Å². The highest BCUT2D eigenvalue weighted by atomic mass is 19.1. The summed E-state index contributed by atoms with van der Waals surface area (Å²) in [5, 5.41) is 3.15. The predicted octanol–water partition coefficient (Wildman–Crippen LogP) is 1.16. The predicted molar refractivity (Wildman–Crippen MR) is 122 cm³/mol. The SMILES string of the molecule is O=C(Cn1c(=O)[nH]c2ccccc2c1=O)NCCCN1CCN(c2ccccc2F)CC1. The van der Waals surface area contributed by atoms with E-state index in [2.05, 4.69) is 15.2 Å². The number of amides is 1. The van der Waals surface area contributed by atoms with Gasteiger partial charge in [0.15, 0.2) is 0 Å². The molecule has 1 amide bonds. The molecule has 1 aliphatic rings. The zero-order chi connectivity index (χ0) is 22.5. The number of piperazine rings is 1. The Morgan fingerprint density at radius 2 is 1.72 bits per heavy atom. The first kappa shape index (κ1) is 21.8. The Morgan fingerprint density at radius 3 is 2.50 bits per heavy atom. The first-order valence-corrected chi connectivity index (χ1v) is 10.7. The molecule has 8 nitrogen and oxygen atoms in total. The molecule has 9 heteroatoms. The van der Waals surface area contributed by atoms with Crippen molar-refractivity contribution in [3.8, 4) is 0 Å². The molecule has 2 heterocycles. The lowest BCUT2D eigenvalue weighted by atomic mass is 10.2. The van der Waals surface area contributed by atoms with Crippen LogP contribution in [0.25, 0.3) is 10.9 Å². The molecular weight excluding hydrogens is 413 g/mol. The van der Waals surface area contributed by atoms with Crippen molar-refractivity contribution >= 4 is 22.5 Å². The molecule has 2 aromatic carbocycles. The van der Waals surface area contributed by atoms with Crippen molar-refractivity contribution in [1.29, 1.82) is 0 Å². The maximum atomic E-state index is 13.9. The number of halogens is 1. The van der Waals surface area contributed by atoms with Gasteiger partial charge in [0, 0.05) is 32.7 Å². The number of nitrogens with zero attached hydrogens (tertiary/aromatic N) is 3. The van der Waals surface area contributed by atoms with Gasteiger partial charge in [-0.05, 0) is 37.2 Å². The van der Waals surface area contributed by atoms with Crippen LogP contribution >= 0.6 is 0 Å². The molecule has 0 saturated carbocycles. The van der Waals surface area contributed by atoms with Crippen molar-refractivity contribution in [3.63, 3.8) is 0 Å². The Labute approximate surface area is 184 Å². The number of carbonyl (C=O) groups excluding carboxylic acids is 1. The quantitative estimate of drug-likeness (QED) is 0.539. The van der Waals surface area contributed by atoms with E-state index in [4.69, 9.17) is 0 Å². The van der Waals surface area contributed by atoms with E-state index in [-0.39, 0.29) is 18.3 Å². The number of hydrogen-bond acceptors (Lipinski definition) is 5. The van der Waals surface area contributed by atoms with Gasteiger partial charge in [-0.25, -0.2) is 9.18 Å². The van der Waals surface area contributed by atoms with Gasteiger partial charge in [-0.2, -0.15) is 0 Å². The van der Waals surface area contributed by atoms with Crippen LogP contribution in [-0.2, 0) is 11.3 Å². The third kappa shape index (κ3) is 4.88. The molecule has 0 radical (unpaired) electrons. The van der Waals surface area contributed by atoms with Crippen molar-refractivity contribution in [2.45, 2.75) is 13.0 Å². The average Bonchev–Trinajstić information content (AvgIpc) is 2.80. The molecule has 0 bridgehead atoms. The van der Waals surface area contributed by atoms with Crippen LogP contribution < -0.4 is 21.5 Å². The zero-order valence-electron chi connectivity index (χ0n) is 17.7. The van der Waals surface area contributed by atoms with Crippen LogP contribution in [0.5, 0.6) is 0 Å². The second-order valence-corrected chi connectivity index (χ2v) is 7.85. The Bertz CT molecular complexity index is 1210. The van der Waals surface area contributed by atoms with Crippen LogP contribution in [-0.4, -0.2) is 59.6 Å². The Kier molecular flexibility index (Phi) is 6.65. The fraction of sp³-hybridized carbons (Fsp3) is 0.348. The summed E-state index contributed by atoms with van der Waals surface area (Å²) in [5.41, 5.74) is 0.0105. The van der Waals surface area contributed by atoms with Crippen LogP contribution in [0, 0.1) is 5.82 Å². The molecule has 168 valence electrons. The van der Waals surface area contributed by atoms with E-state index >= 15 is 0 Å². The maximum absolute atomic E-state index is 13.9. The lowest BCUT2D eigenvalue weighted by Gasteiger charge is -2.36. The summed E-state index contributed by atoms with van der Waals surface area (Å²) in [6.45, 7) is 4.09. The fourth-order valence-electron chi connectivity index (χ4n) is 3.99. The van der Waals surface area contributed by atoms with Crippen LogP contribution in [0.15, 0.2) is 58.1 Å². The third-order valence-electron chi connectivity index (χ3n) is 5.73. The molecule has 0 spiro atoms. The molecule has 1 saturated heterocycles. The number of rotatable bonds is 7. The number of fused-ring (bicyclic) bond motifs is 1. The highest BCUT2D eigenvalue weighted by molar-refractivity contribution is 5.78. The molecule has 0 atom stereocenters. The summed E-state index contributed by atoms with van der Waals surface area (Å²) < 4.78 is 14.9. The number of para-hydroxylation sites is 2. The highest BCUT2D eigenvalue weighted by Crippen LogP contribution is 2.20. The maximum Gasteiger partial charge on any atom is 0.329 e. The van der Waals surface area contributed by atoms with Crippen LogP contribution in [0.3, 0.4) is 0 Å². The standard InChI is InChI=1S/C23H26FN5O3/c24-18-7-2-4-9-20(18)28-14-12-27(13-15-28)11-5-10-25-21(30)16-29-22(31)17-6-1-3-8-19(17)26-23(29)32/h1-4,6-9H,5,10-16H2,(H,25,30)(H,26,32). The van der Waals surface area contributed by atoms with Gasteiger partial charge in [-0.15, -0.1) is 0 Å². The number of anilines is 1. The smallest absolute Gasteiger partial charge is 0.329 e. The number of nitrogens with one attached hydrogen (secondary N) is 2. The summed E-state index contributed by atoms with van der Waals surface area (Å²) in [4.78, 5) is 43.9. The van der Waals surface area contributed by atoms with Crippen molar-refractivity contribution in [1.82, 2.24) is 19.8 Å². The second kappa shape index (κ2) is 9.78. The molecule has 1 aromatic heterocycles. The Morgan fingerprint density at radius 1 is 1.00 bits per heavy atom. The van der Waals surface area contributed by atoms with Crippen molar-refractivity contribution in [3.05, 3.63) is 75.2 Å². The molecule has 4 rings (SSSR count). The molecule has 0 unspecified atom stereocenters. The molecule has 2 N–H and O–H groups in total. The fourth-order valence-corrected chi connectivity index (χ4v) is 3.99. The lowest BCUT2D eigenvalue weighted by Crippen LogP contribution is -2.47. The summed E-state index contributed by atoms with van der Waals surface area (Å²) in [5.74, 6) is -0.578. The minimum atomic E-state index is -0.600. The molecule has 32 heavy (non-hydrogen) atoms. The van der Waals surface area contributed by atoms with Gasteiger partial charge in [0.1, 0.15) is 12.4 Å². The number of aromatic amines is 1.